The van der Waals surface area contributed by atoms with E-state index in [-0.39, 0.29) is 11.9 Å². The summed E-state index contributed by atoms with van der Waals surface area (Å²) in [6.07, 6.45) is 12.3. The van der Waals surface area contributed by atoms with E-state index < -0.39 is 0 Å². The van der Waals surface area contributed by atoms with E-state index in [0.717, 1.165) is 36.4 Å². The third-order valence-corrected chi connectivity index (χ3v) is 6.82. The minimum Gasteiger partial charge on any atom is -0.319 e. The maximum absolute atomic E-state index is 11.9. The molecule has 1 aliphatic heterocycles. The van der Waals surface area contributed by atoms with Crippen molar-refractivity contribution in [2.45, 2.75) is 45.6 Å². The molecule has 0 radical (unpaired) electrons. The monoisotopic (exact) mass is 472 g/mol. The van der Waals surface area contributed by atoms with E-state index >= 15 is 0 Å². The number of likely N-dealkylation sites (tertiary alicyclic amines) is 1. The van der Waals surface area contributed by atoms with Crippen LogP contribution in [0.5, 0.6) is 0 Å². The van der Waals surface area contributed by atoms with Gasteiger partial charge in [-0.25, -0.2) is 5.01 Å². The van der Waals surface area contributed by atoms with E-state index in [9.17, 15) is 14.5 Å². The summed E-state index contributed by atoms with van der Waals surface area (Å²) in [5.41, 5.74) is 0.870. The van der Waals surface area contributed by atoms with Gasteiger partial charge in [-0.15, -0.1) is 22.8 Å². The Morgan fingerprint density at radius 1 is 1.42 bits per heavy atom. The predicted octanol–water partition coefficient (Wildman–Crippen LogP) is 4.72. The fourth-order valence-corrected chi connectivity index (χ4v) is 4.63. The number of aldehydes is 1. The van der Waals surface area contributed by atoms with Crippen LogP contribution in [-0.2, 0) is 4.79 Å². The number of nitrogens with one attached hydrogen (secondary N) is 1. The average Bonchev–Trinajstić information content (AvgIpc) is 3.45. The first-order valence-electron chi connectivity index (χ1n) is 11.5. The van der Waals surface area contributed by atoms with Gasteiger partial charge in [0, 0.05) is 30.1 Å². The van der Waals surface area contributed by atoms with Crippen LogP contribution in [0.1, 0.15) is 47.2 Å². The highest BCUT2D eigenvalue weighted by molar-refractivity contribution is 7.13. The van der Waals surface area contributed by atoms with Crippen molar-refractivity contribution < 1.29 is 9.59 Å². The molecule has 1 aliphatic carbocycles. The Morgan fingerprint density at radius 2 is 2.18 bits per heavy atom. The minimum absolute atomic E-state index is 0.154. The number of aryl methyl sites for hydroxylation is 1. The lowest BCUT2D eigenvalue weighted by Crippen LogP contribution is -2.36. The molecule has 0 aromatic carbocycles. The van der Waals surface area contributed by atoms with Crippen molar-refractivity contribution in [3.05, 3.63) is 63.4 Å². The highest BCUT2D eigenvalue weighted by atomic mass is 32.1. The Morgan fingerprint density at radius 3 is 2.61 bits per heavy atom. The van der Waals surface area contributed by atoms with Crippen LogP contribution in [-0.4, -0.2) is 54.8 Å². The second kappa shape index (κ2) is 13.9. The Hall–Kier alpha value is -2.58. The quantitative estimate of drug-likeness (QED) is 0.156. The lowest BCUT2D eigenvalue weighted by atomic mass is 10.0. The first kappa shape index (κ1) is 26.7. The lowest BCUT2D eigenvalue weighted by molar-refractivity contribution is -0.125. The fraction of sp³-hybridized carbons (Fsp3) is 0.520. The third-order valence-electron chi connectivity index (χ3n) is 5.89. The van der Waals surface area contributed by atoms with Gasteiger partial charge < -0.3 is 10.2 Å². The zero-order valence-electron chi connectivity index (χ0n) is 19.9. The molecule has 0 bridgehead atoms. The maximum atomic E-state index is 11.9. The first-order valence-corrected chi connectivity index (χ1v) is 12.3. The Bertz CT molecular complexity index is 860. The van der Waals surface area contributed by atoms with Crippen LogP contribution >= 0.6 is 11.3 Å². The van der Waals surface area contributed by atoms with E-state index in [0.29, 0.717) is 24.8 Å². The number of amides is 1. The lowest BCUT2D eigenvalue weighted by Gasteiger charge is -2.26. The Kier molecular flexibility index (Phi) is 11.2. The molecule has 0 spiro atoms. The van der Waals surface area contributed by atoms with Crippen molar-refractivity contribution in [2.24, 2.45) is 17.1 Å². The van der Waals surface area contributed by atoms with Gasteiger partial charge in [0.2, 0.25) is 5.91 Å². The van der Waals surface area contributed by atoms with Gasteiger partial charge in [-0.05, 0) is 76.7 Å². The molecule has 33 heavy (non-hydrogen) atoms. The van der Waals surface area contributed by atoms with Gasteiger partial charge in [0.15, 0.2) is 6.29 Å². The molecule has 8 heteroatoms. The zero-order valence-corrected chi connectivity index (χ0v) is 20.7. The normalized spacial score (nSPS) is 18.0. The molecule has 2 heterocycles. The molecule has 1 N–H and O–H groups in total. The molecular formula is C25H36N4O3S. The number of nitrogens with zero attached hydrogens (tertiary/aromatic N) is 3. The van der Waals surface area contributed by atoms with E-state index in [2.05, 4.69) is 17.2 Å². The van der Waals surface area contributed by atoms with Gasteiger partial charge in [-0.3, -0.25) is 9.59 Å². The minimum atomic E-state index is -0.275. The molecule has 1 aromatic heterocycles. The molecule has 2 atom stereocenters. The molecule has 3 rings (SSSR count). The van der Waals surface area contributed by atoms with Crippen molar-refractivity contribution in [3.8, 4) is 0 Å². The first-order chi connectivity index (χ1) is 16.0. The van der Waals surface area contributed by atoms with E-state index in [1.165, 1.54) is 29.1 Å². The molecule has 1 saturated carbocycles. The van der Waals surface area contributed by atoms with Crippen LogP contribution in [0.4, 0.5) is 0 Å². The average molecular weight is 473 g/mol. The van der Waals surface area contributed by atoms with Crippen molar-refractivity contribution in [2.75, 3.05) is 26.7 Å². The van der Waals surface area contributed by atoms with Gasteiger partial charge in [0.1, 0.15) is 0 Å². The second-order valence-electron chi connectivity index (χ2n) is 8.37. The summed E-state index contributed by atoms with van der Waals surface area (Å²) in [7, 11) is 1.93. The van der Waals surface area contributed by atoms with Crippen LogP contribution in [0.2, 0.25) is 0 Å². The van der Waals surface area contributed by atoms with Gasteiger partial charge in [-0.1, -0.05) is 18.2 Å². The van der Waals surface area contributed by atoms with Crippen LogP contribution < -0.4 is 5.32 Å². The number of allylic oxidation sites excluding steroid dienone is 2. The molecule has 2 fully saturated rings. The van der Waals surface area contributed by atoms with Crippen molar-refractivity contribution >= 4 is 23.5 Å². The largest absolute Gasteiger partial charge is 0.319 e. The van der Waals surface area contributed by atoms with Crippen LogP contribution in [0.15, 0.2) is 54.0 Å². The molecule has 2 unspecified atom stereocenters. The Balaban J connectivity index is 0.000000405. The fourth-order valence-electron chi connectivity index (χ4n) is 3.94. The summed E-state index contributed by atoms with van der Waals surface area (Å²) >= 11 is 1.52. The van der Waals surface area contributed by atoms with Crippen molar-refractivity contribution in [1.82, 2.24) is 15.2 Å². The molecular weight excluding hydrogens is 436 g/mol. The van der Waals surface area contributed by atoms with Gasteiger partial charge in [0.25, 0.3) is 0 Å². The second-order valence-corrected chi connectivity index (χ2v) is 9.69. The number of rotatable bonds is 12. The topological polar surface area (TPSA) is 82.1 Å². The predicted molar refractivity (Wildman–Crippen MR) is 135 cm³/mol. The van der Waals surface area contributed by atoms with Crippen molar-refractivity contribution in [1.29, 1.82) is 0 Å². The third kappa shape index (κ3) is 8.37. The van der Waals surface area contributed by atoms with Crippen molar-refractivity contribution in [3.63, 3.8) is 0 Å². The van der Waals surface area contributed by atoms with Gasteiger partial charge >= 0.3 is 0 Å². The van der Waals surface area contributed by atoms with Crippen LogP contribution in [0.3, 0.4) is 0 Å². The molecule has 1 aromatic rings. The summed E-state index contributed by atoms with van der Waals surface area (Å²) in [5, 5.41) is 8.01. The molecule has 7 nitrogen and oxygen atoms in total. The summed E-state index contributed by atoms with van der Waals surface area (Å²) in [5.74, 6) is 1.25. The number of hydrogen-bond donors (Lipinski definition) is 1. The molecule has 180 valence electrons. The maximum Gasteiger partial charge on any atom is 0.227 e. The molecule has 1 saturated heterocycles. The van der Waals surface area contributed by atoms with E-state index in [4.69, 9.17) is 0 Å². The molecule has 2 aliphatic rings. The van der Waals surface area contributed by atoms with E-state index in [1.54, 1.807) is 16.0 Å². The smallest absolute Gasteiger partial charge is 0.227 e. The van der Waals surface area contributed by atoms with E-state index in [1.807, 2.05) is 51.3 Å². The van der Waals surface area contributed by atoms with Gasteiger partial charge in [0.05, 0.1) is 16.2 Å². The number of thiophene rings is 1. The van der Waals surface area contributed by atoms with Gasteiger partial charge in [-0.2, -0.15) is 0 Å². The number of nitroso groups, excluding NO2 is 1. The zero-order chi connectivity index (χ0) is 24.2. The van der Waals surface area contributed by atoms with Crippen LogP contribution in [0, 0.1) is 23.7 Å². The Labute approximate surface area is 201 Å². The number of carbonyl (C=O) groups is 2. The van der Waals surface area contributed by atoms with Crippen LogP contribution in [0.25, 0.3) is 0 Å². The standard InChI is InChI=1S/C19H30N4O2.C6H6OS/c1-4-17(22-12-6-7-19(22)24)10-11-18(5-2)23(21-25)14-16(13-20-3)15-8-9-15;1-5-2-3-6(4-7)8-5/h4-5,10-11,15-16,18,20H,2,6-9,12-14H2,1,3H3;2-4H,1H3/b11-10-,17-4+;. The highest BCUT2D eigenvalue weighted by Gasteiger charge is 2.33. The number of hydrogen-bond acceptors (Lipinski definition) is 6. The summed E-state index contributed by atoms with van der Waals surface area (Å²) in [4.78, 5) is 37.1. The summed E-state index contributed by atoms with van der Waals surface area (Å²) < 4.78 is 0. The SMILES string of the molecule is C=CC(/C=C\C(=C/C)N1CCCC1=O)N(CC(CNC)C1CC1)N=O.Cc1ccc(C=O)s1. The highest BCUT2D eigenvalue weighted by Crippen LogP contribution is 2.37. The number of carbonyl (C=O) groups excluding carboxylic acids is 2. The summed E-state index contributed by atoms with van der Waals surface area (Å²) in [6, 6.07) is 3.49. The molecule has 1 amide bonds. The summed E-state index contributed by atoms with van der Waals surface area (Å²) in [6.45, 7) is 10.0.